The van der Waals surface area contributed by atoms with Crippen molar-refractivity contribution in [3.8, 4) is 11.1 Å². The lowest BCUT2D eigenvalue weighted by molar-refractivity contribution is -0.142. The highest BCUT2D eigenvalue weighted by Crippen LogP contribution is 2.68. The molecule has 0 saturated heterocycles. The number of carbonyl (C=O) groups excluding carboxylic acids is 1. The van der Waals surface area contributed by atoms with Gasteiger partial charge in [0.2, 0.25) is 15.9 Å². The smallest absolute Gasteiger partial charge is 0.346 e. The van der Waals surface area contributed by atoms with Crippen LogP contribution in [0.4, 0.5) is 36.6 Å². The van der Waals surface area contributed by atoms with Gasteiger partial charge < -0.3 is 10.3 Å². The second kappa shape index (κ2) is 12.4. The maximum Gasteiger partial charge on any atom is 0.435 e. The van der Waals surface area contributed by atoms with Gasteiger partial charge in [-0.1, -0.05) is 17.7 Å². The molecule has 0 bridgehead atoms. The Labute approximate surface area is 311 Å². The number of alkyl halides is 5. The fraction of sp³-hybridized carbons (Fsp3) is 0.324. The predicted octanol–water partition coefficient (Wildman–Crippen LogP) is 6.65. The number of hydrogen-bond donors (Lipinski definition) is 3. The molecule has 4 aromatic heterocycles. The van der Waals surface area contributed by atoms with Gasteiger partial charge in [-0.25, -0.2) is 27.2 Å². The molecule has 21 heteroatoms. The number of aryl methyl sites for hydroxylation is 2. The molecule has 1 saturated carbocycles. The lowest BCUT2D eigenvalue weighted by Gasteiger charge is -2.23. The highest BCUT2D eigenvalue weighted by Gasteiger charge is 2.68. The Balaban J connectivity index is 1.28. The maximum absolute atomic E-state index is 15.3. The molecular formula is C34H27ClF7N9O3S. The van der Waals surface area contributed by atoms with Crippen molar-refractivity contribution in [2.24, 2.45) is 13.0 Å². The summed E-state index contributed by atoms with van der Waals surface area (Å²) in [6.45, 7) is 0.589. The van der Waals surface area contributed by atoms with Gasteiger partial charge >= 0.3 is 6.18 Å². The number of nitrogens with one attached hydrogen (secondary N) is 3. The van der Waals surface area contributed by atoms with Crippen LogP contribution in [0.25, 0.3) is 33.2 Å². The molecule has 4 heterocycles. The number of rotatable bonds is 9. The fourth-order valence-corrected chi connectivity index (χ4v) is 8.29. The van der Waals surface area contributed by atoms with Gasteiger partial charge in [-0.15, -0.1) is 0 Å². The molecule has 55 heavy (non-hydrogen) atoms. The van der Waals surface area contributed by atoms with Gasteiger partial charge in [0.15, 0.2) is 17.2 Å². The third kappa shape index (κ3) is 6.43. The van der Waals surface area contributed by atoms with Crippen molar-refractivity contribution in [1.29, 1.82) is 0 Å². The van der Waals surface area contributed by atoms with Gasteiger partial charge in [-0.2, -0.15) is 32.1 Å². The van der Waals surface area contributed by atoms with E-state index in [2.05, 4.69) is 30.2 Å². The molecule has 6 aromatic rings. The van der Waals surface area contributed by atoms with Crippen LogP contribution >= 0.6 is 11.6 Å². The number of aromatic amines is 1. The first kappa shape index (κ1) is 36.7. The van der Waals surface area contributed by atoms with E-state index < -0.39 is 81.0 Å². The van der Waals surface area contributed by atoms with Crippen LogP contribution in [0.1, 0.15) is 52.4 Å². The van der Waals surface area contributed by atoms with Gasteiger partial charge in [0.05, 0.1) is 39.4 Å². The molecule has 0 radical (unpaired) electrons. The van der Waals surface area contributed by atoms with Crippen molar-refractivity contribution < 1.29 is 43.9 Å². The van der Waals surface area contributed by atoms with Crippen LogP contribution in [-0.4, -0.2) is 55.1 Å². The quantitative estimate of drug-likeness (QED) is 0.138. The number of fused-ring (bicyclic) bond motifs is 5. The van der Waals surface area contributed by atoms with Crippen molar-refractivity contribution in [2.45, 2.75) is 50.4 Å². The average Bonchev–Trinajstić information content (AvgIpc) is 3.36. The van der Waals surface area contributed by atoms with E-state index in [1.54, 1.807) is 19.1 Å². The van der Waals surface area contributed by atoms with Crippen LogP contribution in [0.15, 0.2) is 36.4 Å². The standard InChI is InChI=1S/C34H27ClF7N9O3S/c1-13-43-23-11-18(17-4-5-21(35)26-28(17)50(2)48-32(26)49-55(3,53)54)27(46-31(23)44-13)22(8-14-6-15(36)9-16(37)7-14)45-24(52)12-51-30-25(29(47-51)34(40,41)42)19-10-20(19)33(30,38)39/h4-7,9,11,19-20,22H,8,10,12H2,1-3H3,(H,45,52)(H,48,49)(H,43,44,46)/t19-,20?,22-/m0/s1. The molecule has 8 rings (SSSR count). The van der Waals surface area contributed by atoms with E-state index in [0.717, 1.165) is 18.4 Å². The molecule has 1 amide bonds. The number of aromatic nitrogens is 7. The van der Waals surface area contributed by atoms with E-state index in [-0.39, 0.29) is 51.5 Å². The molecule has 3 atom stereocenters. The average molecular weight is 810 g/mol. The number of nitrogens with zero attached hydrogens (tertiary/aromatic N) is 6. The molecule has 2 aliphatic rings. The van der Waals surface area contributed by atoms with Crippen LogP contribution in [0, 0.1) is 24.5 Å². The largest absolute Gasteiger partial charge is 0.435 e. The Morgan fingerprint density at radius 1 is 1.09 bits per heavy atom. The number of amides is 1. The van der Waals surface area contributed by atoms with Gasteiger partial charge in [0.25, 0.3) is 5.92 Å². The molecule has 1 unspecified atom stereocenters. The van der Waals surface area contributed by atoms with E-state index in [4.69, 9.17) is 16.6 Å². The van der Waals surface area contributed by atoms with Gasteiger partial charge in [-0.3, -0.25) is 18.9 Å². The Morgan fingerprint density at radius 2 is 1.80 bits per heavy atom. The second-order valence-electron chi connectivity index (χ2n) is 13.7. The van der Waals surface area contributed by atoms with E-state index in [0.29, 0.717) is 33.2 Å². The minimum absolute atomic E-state index is 0.0289. The number of halogens is 8. The van der Waals surface area contributed by atoms with Crippen LogP contribution in [0.2, 0.25) is 5.02 Å². The number of imidazole rings is 1. The summed E-state index contributed by atoms with van der Waals surface area (Å²) in [7, 11) is -2.31. The monoisotopic (exact) mass is 809 g/mol. The SMILES string of the molecule is Cc1nc2nc([C@H](Cc3cc(F)cc(F)c3)NC(=O)Cn3nc(C(F)(F)F)c4c3C(F)(F)C3C[C@H]43)c(-c3ccc(Cl)c4c(NS(C)(=O)=O)nn(C)c34)cc2[nH]1. The van der Waals surface area contributed by atoms with Gasteiger partial charge in [0, 0.05) is 35.7 Å². The highest BCUT2D eigenvalue weighted by atomic mass is 35.5. The summed E-state index contributed by atoms with van der Waals surface area (Å²) in [5.41, 5.74) is -1.57. The maximum atomic E-state index is 15.3. The number of anilines is 1. The Bertz CT molecular complexity index is 2690. The number of benzene rings is 2. The topological polar surface area (TPSA) is 152 Å². The minimum atomic E-state index is -5.06. The summed E-state index contributed by atoms with van der Waals surface area (Å²) < 4.78 is 130. The number of hydrogen-bond acceptors (Lipinski definition) is 7. The normalized spacial score (nSPS) is 18.1. The third-order valence-corrected chi connectivity index (χ3v) is 10.5. The molecular weight excluding hydrogens is 783 g/mol. The van der Waals surface area contributed by atoms with Crippen molar-refractivity contribution in [1.82, 2.24) is 39.8 Å². The number of H-pyrrole nitrogens is 1. The molecule has 288 valence electrons. The van der Waals surface area contributed by atoms with E-state index in [9.17, 15) is 35.2 Å². The molecule has 1 fully saturated rings. The molecule has 0 aliphatic heterocycles. The summed E-state index contributed by atoms with van der Waals surface area (Å²) in [6, 6.07) is 5.97. The van der Waals surface area contributed by atoms with Gasteiger partial charge in [0.1, 0.15) is 29.7 Å². The molecule has 2 aliphatic carbocycles. The summed E-state index contributed by atoms with van der Waals surface area (Å²) in [6.07, 6.45) is -4.64. The number of sulfonamides is 1. The van der Waals surface area contributed by atoms with E-state index in [1.807, 2.05) is 0 Å². The first-order valence-electron chi connectivity index (χ1n) is 16.5. The first-order chi connectivity index (χ1) is 25.7. The molecule has 12 nitrogen and oxygen atoms in total. The van der Waals surface area contributed by atoms with Crippen molar-refractivity contribution in [3.05, 3.63) is 87.1 Å². The zero-order chi connectivity index (χ0) is 39.5. The highest BCUT2D eigenvalue weighted by molar-refractivity contribution is 7.92. The van der Waals surface area contributed by atoms with Crippen molar-refractivity contribution in [2.75, 3.05) is 11.0 Å². The fourth-order valence-electron chi connectivity index (χ4n) is 7.55. The summed E-state index contributed by atoms with van der Waals surface area (Å²) in [5, 5.41) is 10.7. The van der Waals surface area contributed by atoms with Gasteiger partial charge in [-0.05, 0) is 55.5 Å². The van der Waals surface area contributed by atoms with Crippen LogP contribution in [0.5, 0.6) is 0 Å². The van der Waals surface area contributed by atoms with Crippen LogP contribution in [0.3, 0.4) is 0 Å². The predicted molar refractivity (Wildman–Crippen MR) is 185 cm³/mol. The molecule has 0 spiro atoms. The lowest BCUT2D eigenvalue weighted by atomic mass is 9.94. The molecule has 3 N–H and O–H groups in total. The molecule has 2 aromatic carbocycles. The second-order valence-corrected chi connectivity index (χ2v) is 15.9. The lowest BCUT2D eigenvalue weighted by Crippen LogP contribution is -2.35. The van der Waals surface area contributed by atoms with E-state index in [1.165, 1.54) is 17.8 Å². The number of pyridine rings is 1. The Morgan fingerprint density at radius 3 is 2.47 bits per heavy atom. The third-order valence-electron chi connectivity index (χ3n) is 9.65. The van der Waals surface area contributed by atoms with Crippen molar-refractivity contribution in [3.63, 3.8) is 0 Å². The first-order valence-corrected chi connectivity index (χ1v) is 18.8. The van der Waals surface area contributed by atoms with Crippen LogP contribution < -0.4 is 10.0 Å². The Hall–Kier alpha value is -5.24. The summed E-state index contributed by atoms with van der Waals surface area (Å²) in [4.78, 5) is 26.0. The zero-order valence-electron chi connectivity index (χ0n) is 28.7. The Kier molecular flexibility index (Phi) is 8.27. The zero-order valence-corrected chi connectivity index (χ0v) is 30.2. The summed E-state index contributed by atoms with van der Waals surface area (Å²) in [5.74, 6) is -8.66. The van der Waals surface area contributed by atoms with Crippen LogP contribution in [-0.2, 0) is 46.9 Å². The summed E-state index contributed by atoms with van der Waals surface area (Å²) >= 11 is 6.57. The van der Waals surface area contributed by atoms with E-state index >= 15 is 8.78 Å². The number of carbonyl (C=O) groups is 1. The van der Waals surface area contributed by atoms with Crippen molar-refractivity contribution >= 4 is 55.4 Å². The minimum Gasteiger partial charge on any atom is -0.346 e.